The van der Waals surface area contributed by atoms with Crippen LogP contribution in [0.15, 0.2) is 34.4 Å². The molecule has 1 saturated heterocycles. The number of aromatic nitrogens is 1. The van der Waals surface area contributed by atoms with Gasteiger partial charge in [-0.05, 0) is 38.7 Å². The number of nitrogens with zero attached hydrogens (tertiary/aromatic N) is 2. The van der Waals surface area contributed by atoms with Crippen molar-refractivity contribution in [2.24, 2.45) is 0 Å². The van der Waals surface area contributed by atoms with Crippen LogP contribution in [0.4, 0.5) is 0 Å². The Balaban J connectivity index is 1.61. The van der Waals surface area contributed by atoms with Gasteiger partial charge in [-0.1, -0.05) is 41.2 Å². The first-order valence-corrected chi connectivity index (χ1v) is 9.42. The van der Waals surface area contributed by atoms with Crippen LogP contribution in [-0.4, -0.2) is 28.0 Å². The Bertz CT molecular complexity index is 760. The van der Waals surface area contributed by atoms with Crippen molar-refractivity contribution in [2.45, 2.75) is 52.1 Å². The maximum Gasteiger partial charge on any atom is 0.307 e. The first-order valence-electron chi connectivity index (χ1n) is 8.54. The Labute approximate surface area is 146 Å². The van der Waals surface area contributed by atoms with Gasteiger partial charge in [-0.25, -0.2) is 0 Å². The Morgan fingerprint density at radius 3 is 2.67 bits per heavy atom. The normalized spacial score (nSPS) is 17.4. The van der Waals surface area contributed by atoms with Gasteiger partial charge in [-0.15, -0.1) is 0 Å². The summed E-state index contributed by atoms with van der Waals surface area (Å²) in [6.45, 7) is 5.33. The molecule has 5 heteroatoms. The number of aryl methyl sites for hydroxylation is 2. The molecule has 2 aromatic rings. The molecule has 1 aromatic carbocycles. The zero-order chi connectivity index (χ0) is 17.1. The van der Waals surface area contributed by atoms with Gasteiger partial charge in [0.25, 0.3) is 0 Å². The molecule has 0 N–H and O–H groups in total. The molecule has 1 atom stereocenters. The maximum absolute atomic E-state index is 12.6. The first kappa shape index (κ1) is 17.0. The lowest BCUT2D eigenvalue weighted by atomic mass is 10.0. The number of thiazole rings is 1. The lowest BCUT2D eigenvalue weighted by Gasteiger charge is -2.25. The summed E-state index contributed by atoms with van der Waals surface area (Å²) >= 11 is 1.20. The van der Waals surface area contributed by atoms with Crippen LogP contribution in [0.1, 0.15) is 36.1 Å². The molecule has 0 unspecified atom stereocenters. The summed E-state index contributed by atoms with van der Waals surface area (Å²) < 4.78 is 1.70. The maximum atomic E-state index is 12.6. The van der Waals surface area contributed by atoms with Gasteiger partial charge in [-0.2, -0.15) is 0 Å². The molecule has 4 nitrogen and oxygen atoms in total. The summed E-state index contributed by atoms with van der Waals surface area (Å²) in [5.41, 5.74) is 3.49. The number of carbonyl (C=O) groups is 1. The second-order valence-corrected chi connectivity index (χ2v) is 7.44. The van der Waals surface area contributed by atoms with Crippen molar-refractivity contribution in [3.63, 3.8) is 0 Å². The monoisotopic (exact) mass is 344 g/mol. The highest BCUT2D eigenvalue weighted by molar-refractivity contribution is 7.07. The number of amides is 1. The summed E-state index contributed by atoms with van der Waals surface area (Å²) in [7, 11) is 0. The minimum atomic E-state index is 0.0259. The molecule has 1 fully saturated rings. The molecule has 1 aromatic heterocycles. The van der Waals surface area contributed by atoms with E-state index in [0.29, 0.717) is 19.0 Å². The number of carbonyl (C=O) groups excluding carboxylic acids is 1. The molecule has 3 rings (SSSR count). The van der Waals surface area contributed by atoms with E-state index in [9.17, 15) is 9.59 Å². The minimum absolute atomic E-state index is 0.0259. The highest BCUT2D eigenvalue weighted by Gasteiger charge is 2.28. The summed E-state index contributed by atoms with van der Waals surface area (Å²) in [5, 5.41) is 1.85. The van der Waals surface area contributed by atoms with Gasteiger partial charge in [0.2, 0.25) is 5.91 Å². The number of benzene rings is 1. The molecule has 0 bridgehead atoms. The number of likely N-dealkylation sites (tertiary alicyclic amines) is 1. The van der Waals surface area contributed by atoms with E-state index in [1.807, 2.05) is 17.2 Å². The Kier molecular flexibility index (Phi) is 5.19. The van der Waals surface area contributed by atoms with E-state index in [1.165, 1.54) is 22.5 Å². The average Bonchev–Trinajstić information content (AvgIpc) is 3.15. The first-order chi connectivity index (χ1) is 11.5. The van der Waals surface area contributed by atoms with Crippen molar-refractivity contribution in [1.29, 1.82) is 0 Å². The highest BCUT2D eigenvalue weighted by atomic mass is 32.1. The van der Waals surface area contributed by atoms with E-state index < -0.39 is 0 Å². The number of hydrogen-bond donors (Lipinski definition) is 0. The fourth-order valence-electron chi connectivity index (χ4n) is 3.40. The van der Waals surface area contributed by atoms with Crippen LogP contribution in [0.25, 0.3) is 0 Å². The molecule has 128 valence electrons. The van der Waals surface area contributed by atoms with Crippen molar-refractivity contribution in [2.75, 3.05) is 6.54 Å². The summed E-state index contributed by atoms with van der Waals surface area (Å²) in [6, 6.07) is 8.86. The fourth-order valence-corrected chi connectivity index (χ4v) is 4.16. The van der Waals surface area contributed by atoms with Crippen LogP contribution in [-0.2, 0) is 17.8 Å². The molecule has 0 spiro atoms. The predicted octanol–water partition coefficient (Wildman–Crippen LogP) is 3.15. The molecule has 1 amide bonds. The smallest absolute Gasteiger partial charge is 0.307 e. The van der Waals surface area contributed by atoms with Crippen LogP contribution in [0.2, 0.25) is 0 Å². The second kappa shape index (κ2) is 7.34. The average molecular weight is 344 g/mol. The Morgan fingerprint density at radius 1 is 1.25 bits per heavy atom. The lowest BCUT2D eigenvalue weighted by molar-refractivity contribution is -0.132. The molecule has 1 aliphatic rings. The third kappa shape index (κ3) is 3.78. The third-order valence-corrected chi connectivity index (χ3v) is 5.70. The molecule has 24 heavy (non-hydrogen) atoms. The van der Waals surface area contributed by atoms with Gasteiger partial charge >= 0.3 is 4.87 Å². The highest BCUT2D eigenvalue weighted by Crippen LogP contribution is 2.22. The van der Waals surface area contributed by atoms with E-state index >= 15 is 0 Å². The zero-order valence-electron chi connectivity index (χ0n) is 14.3. The molecular weight excluding hydrogens is 320 g/mol. The number of rotatable bonds is 5. The van der Waals surface area contributed by atoms with Crippen LogP contribution in [0.3, 0.4) is 0 Å². The van der Waals surface area contributed by atoms with Gasteiger partial charge in [-0.3, -0.25) is 9.59 Å². The third-order valence-electron chi connectivity index (χ3n) is 4.82. The van der Waals surface area contributed by atoms with Crippen LogP contribution in [0.5, 0.6) is 0 Å². The molecule has 0 radical (unpaired) electrons. The minimum Gasteiger partial charge on any atom is -0.339 e. The van der Waals surface area contributed by atoms with Crippen molar-refractivity contribution in [3.8, 4) is 0 Å². The lowest BCUT2D eigenvalue weighted by Crippen LogP contribution is -2.37. The van der Waals surface area contributed by atoms with E-state index in [4.69, 9.17) is 0 Å². The van der Waals surface area contributed by atoms with Crippen molar-refractivity contribution in [3.05, 3.63) is 56.1 Å². The Morgan fingerprint density at radius 2 is 2.00 bits per heavy atom. The fraction of sp³-hybridized carbons (Fsp3) is 0.474. The van der Waals surface area contributed by atoms with Crippen LogP contribution in [0, 0.1) is 13.8 Å². The topological polar surface area (TPSA) is 42.3 Å². The van der Waals surface area contributed by atoms with E-state index in [0.717, 1.165) is 31.5 Å². The van der Waals surface area contributed by atoms with Gasteiger partial charge in [0.05, 0.1) is 0 Å². The summed E-state index contributed by atoms with van der Waals surface area (Å²) in [6.07, 6.45) is 3.46. The quantitative estimate of drug-likeness (QED) is 0.836. The standard InChI is InChI=1S/C19H24N2O2S/c1-14-5-7-16(8-6-14)12-17-4-3-10-21(17)18(22)9-11-20-15(2)13-24-19(20)23/h5-8,13,17H,3-4,9-12H2,1-2H3/t17-/m0/s1. The van der Waals surface area contributed by atoms with Crippen molar-refractivity contribution < 1.29 is 4.79 Å². The molecule has 2 heterocycles. The molecule has 0 aliphatic carbocycles. The van der Waals surface area contributed by atoms with Gasteiger partial charge in [0.1, 0.15) is 0 Å². The van der Waals surface area contributed by atoms with Crippen molar-refractivity contribution in [1.82, 2.24) is 9.47 Å². The molecular formula is C19H24N2O2S. The van der Waals surface area contributed by atoms with Gasteiger partial charge in [0.15, 0.2) is 0 Å². The molecule has 0 saturated carbocycles. The van der Waals surface area contributed by atoms with Gasteiger partial charge < -0.3 is 9.47 Å². The number of hydrogen-bond acceptors (Lipinski definition) is 3. The van der Waals surface area contributed by atoms with Gasteiger partial charge in [0, 0.05) is 36.6 Å². The second-order valence-electron chi connectivity index (χ2n) is 6.62. The SMILES string of the molecule is Cc1ccc(C[C@@H]2CCCN2C(=O)CCn2c(C)csc2=O)cc1. The Hall–Kier alpha value is -1.88. The van der Waals surface area contributed by atoms with E-state index in [-0.39, 0.29) is 10.8 Å². The molecule has 1 aliphatic heterocycles. The van der Waals surface area contributed by atoms with Crippen molar-refractivity contribution >= 4 is 17.2 Å². The zero-order valence-corrected chi connectivity index (χ0v) is 15.1. The van der Waals surface area contributed by atoms with Crippen LogP contribution < -0.4 is 4.87 Å². The van der Waals surface area contributed by atoms with E-state index in [2.05, 4.69) is 31.2 Å². The van der Waals surface area contributed by atoms with E-state index in [1.54, 1.807) is 4.57 Å². The summed E-state index contributed by atoms with van der Waals surface area (Å²) in [5.74, 6) is 0.169. The van der Waals surface area contributed by atoms with Crippen LogP contribution >= 0.6 is 11.3 Å². The predicted molar refractivity (Wildman–Crippen MR) is 97.6 cm³/mol. The largest absolute Gasteiger partial charge is 0.339 e. The summed E-state index contributed by atoms with van der Waals surface area (Å²) in [4.78, 5) is 26.4.